The number of alkyl halides is 1. The number of fused-ring (bicyclic) bond motifs is 1. The van der Waals surface area contributed by atoms with Gasteiger partial charge in [-0.1, -0.05) is 0 Å². The van der Waals surface area contributed by atoms with Gasteiger partial charge in [-0.15, -0.1) is 0 Å². The molecule has 5 nitrogen and oxygen atoms in total. The molecule has 0 spiro atoms. The molecule has 0 fully saturated rings. The highest BCUT2D eigenvalue weighted by Crippen LogP contribution is 2.10. The lowest BCUT2D eigenvalue weighted by Crippen LogP contribution is -2.09. The van der Waals surface area contributed by atoms with Crippen LogP contribution in [0, 0.1) is 0 Å². The first-order valence-electron chi connectivity index (χ1n) is 4.27. The highest BCUT2D eigenvalue weighted by molar-refractivity contribution is 5.78. The number of hydrogen-bond acceptors (Lipinski definition) is 3. The van der Waals surface area contributed by atoms with E-state index in [9.17, 15) is 9.18 Å². The Kier molecular flexibility index (Phi) is 2.03. The minimum atomic E-state index is -0.728. The molecule has 2 heterocycles. The second-order valence-corrected chi connectivity index (χ2v) is 2.88. The maximum absolute atomic E-state index is 12.5. The number of hydrogen-bond donors (Lipinski definition) is 1. The standard InChI is InChI=1S/C8H9FN4O/c1-2-13-4-5-7(12-13)6(3-9)10-11-8(5)14/h4H,2-3H2,1H3,(H,11,14). The minimum Gasteiger partial charge on any atom is -0.272 e. The third-order valence-corrected chi connectivity index (χ3v) is 2.02. The zero-order chi connectivity index (χ0) is 10.1. The van der Waals surface area contributed by atoms with Gasteiger partial charge in [-0.2, -0.15) is 10.2 Å². The first kappa shape index (κ1) is 8.86. The Bertz CT molecular complexity index is 516. The highest BCUT2D eigenvalue weighted by atomic mass is 19.1. The molecule has 0 aromatic carbocycles. The van der Waals surface area contributed by atoms with Crippen molar-refractivity contribution in [3.8, 4) is 0 Å². The average molecular weight is 196 g/mol. The Balaban J connectivity index is 2.81. The van der Waals surface area contributed by atoms with E-state index in [1.54, 1.807) is 10.9 Å². The lowest BCUT2D eigenvalue weighted by molar-refractivity contribution is 0.474. The Morgan fingerprint density at radius 2 is 2.43 bits per heavy atom. The molecule has 74 valence electrons. The third kappa shape index (κ3) is 1.19. The number of nitrogens with one attached hydrogen (secondary N) is 1. The van der Waals surface area contributed by atoms with E-state index in [0.717, 1.165) is 0 Å². The van der Waals surface area contributed by atoms with Gasteiger partial charge in [0, 0.05) is 12.7 Å². The largest absolute Gasteiger partial charge is 0.275 e. The Labute approximate surface area is 78.5 Å². The molecule has 0 saturated heterocycles. The molecule has 2 aromatic rings. The van der Waals surface area contributed by atoms with E-state index >= 15 is 0 Å². The van der Waals surface area contributed by atoms with Crippen molar-refractivity contribution in [3.63, 3.8) is 0 Å². The fraction of sp³-hybridized carbons (Fsp3) is 0.375. The van der Waals surface area contributed by atoms with Crippen molar-refractivity contribution in [2.45, 2.75) is 20.1 Å². The molecule has 2 aromatic heterocycles. The molecule has 0 bridgehead atoms. The monoisotopic (exact) mass is 196 g/mol. The summed E-state index contributed by atoms with van der Waals surface area (Å²) in [6, 6.07) is 0. The fourth-order valence-electron chi connectivity index (χ4n) is 1.29. The van der Waals surface area contributed by atoms with Crippen molar-refractivity contribution < 1.29 is 4.39 Å². The zero-order valence-electron chi connectivity index (χ0n) is 7.62. The Morgan fingerprint density at radius 1 is 1.64 bits per heavy atom. The topological polar surface area (TPSA) is 63.6 Å². The summed E-state index contributed by atoms with van der Waals surface area (Å²) in [5, 5.41) is 10.3. The van der Waals surface area contributed by atoms with E-state index in [4.69, 9.17) is 0 Å². The van der Waals surface area contributed by atoms with Crippen molar-refractivity contribution >= 4 is 10.9 Å². The van der Waals surface area contributed by atoms with Gasteiger partial charge in [-0.25, -0.2) is 9.49 Å². The van der Waals surface area contributed by atoms with Gasteiger partial charge in [-0.3, -0.25) is 9.48 Å². The molecule has 0 unspecified atom stereocenters. The van der Waals surface area contributed by atoms with E-state index in [1.165, 1.54) is 0 Å². The number of H-pyrrole nitrogens is 1. The van der Waals surface area contributed by atoms with Gasteiger partial charge in [0.25, 0.3) is 5.56 Å². The van der Waals surface area contributed by atoms with Crippen LogP contribution in [0.5, 0.6) is 0 Å². The molecule has 0 aliphatic rings. The molecule has 0 saturated carbocycles. The SMILES string of the molecule is CCn1cc2c(=O)[nH]nc(CF)c2n1. The summed E-state index contributed by atoms with van der Waals surface area (Å²) in [5.74, 6) is 0. The summed E-state index contributed by atoms with van der Waals surface area (Å²) in [5.41, 5.74) is 0.182. The number of aromatic amines is 1. The first-order chi connectivity index (χ1) is 6.76. The number of rotatable bonds is 2. The van der Waals surface area contributed by atoms with Crippen molar-refractivity contribution in [3.05, 3.63) is 22.2 Å². The second-order valence-electron chi connectivity index (χ2n) is 2.88. The summed E-state index contributed by atoms with van der Waals surface area (Å²) in [4.78, 5) is 11.3. The number of aromatic nitrogens is 4. The van der Waals surface area contributed by atoms with Crippen LogP contribution in [0.3, 0.4) is 0 Å². The maximum atomic E-state index is 12.5. The average Bonchev–Trinajstić information content (AvgIpc) is 2.63. The molecular weight excluding hydrogens is 187 g/mol. The quantitative estimate of drug-likeness (QED) is 0.765. The van der Waals surface area contributed by atoms with E-state index in [2.05, 4.69) is 15.3 Å². The second kappa shape index (κ2) is 3.21. The molecule has 0 amide bonds. The number of nitrogens with zero attached hydrogens (tertiary/aromatic N) is 3. The van der Waals surface area contributed by atoms with E-state index in [-0.39, 0.29) is 11.3 Å². The molecule has 0 atom stereocenters. The predicted octanol–water partition coefficient (Wildman–Crippen LogP) is 0.609. The van der Waals surface area contributed by atoms with Gasteiger partial charge in [0.2, 0.25) is 0 Å². The molecule has 2 rings (SSSR count). The molecule has 0 aliphatic carbocycles. The summed E-state index contributed by atoms with van der Waals surface area (Å²) < 4.78 is 14.1. The van der Waals surface area contributed by atoms with Crippen LogP contribution >= 0.6 is 0 Å². The van der Waals surface area contributed by atoms with Gasteiger partial charge >= 0.3 is 0 Å². The van der Waals surface area contributed by atoms with Crippen LogP contribution in [0.1, 0.15) is 12.6 Å². The van der Waals surface area contributed by atoms with Crippen LogP contribution in [0.2, 0.25) is 0 Å². The summed E-state index contributed by atoms with van der Waals surface area (Å²) >= 11 is 0. The highest BCUT2D eigenvalue weighted by Gasteiger charge is 2.10. The van der Waals surface area contributed by atoms with Crippen LogP contribution < -0.4 is 5.56 Å². The van der Waals surface area contributed by atoms with Crippen LogP contribution in [0.4, 0.5) is 4.39 Å². The van der Waals surface area contributed by atoms with E-state index in [1.807, 2.05) is 6.92 Å². The van der Waals surface area contributed by atoms with Crippen LogP contribution in [0.15, 0.2) is 11.0 Å². The van der Waals surface area contributed by atoms with Crippen molar-refractivity contribution in [2.24, 2.45) is 0 Å². The smallest absolute Gasteiger partial charge is 0.272 e. The Morgan fingerprint density at radius 3 is 3.07 bits per heavy atom. The van der Waals surface area contributed by atoms with E-state index in [0.29, 0.717) is 17.4 Å². The summed E-state index contributed by atoms with van der Waals surface area (Å²) in [7, 11) is 0. The van der Waals surface area contributed by atoms with Gasteiger partial charge in [0.05, 0.1) is 5.39 Å². The van der Waals surface area contributed by atoms with Crippen molar-refractivity contribution in [2.75, 3.05) is 0 Å². The third-order valence-electron chi connectivity index (χ3n) is 2.02. The minimum absolute atomic E-state index is 0.173. The number of aryl methyl sites for hydroxylation is 1. The lowest BCUT2D eigenvalue weighted by Gasteiger charge is -1.92. The van der Waals surface area contributed by atoms with Crippen molar-refractivity contribution in [1.29, 1.82) is 0 Å². The molecule has 1 N–H and O–H groups in total. The van der Waals surface area contributed by atoms with Gasteiger partial charge in [0.1, 0.15) is 17.9 Å². The predicted molar refractivity (Wildman–Crippen MR) is 48.6 cm³/mol. The summed E-state index contributed by atoms with van der Waals surface area (Å²) in [6.07, 6.45) is 1.59. The molecular formula is C8H9FN4O. The number of halogens is 1. The van der Waals surface area contributed by atoms with Crippen LogP contribution in [0.25, 0.3) is 10.9 Å². The first-order valence-corrected chi connectivity index (χ1v) is 4.27. The maximum Gasteiger partial charge on any atom is 0.275 e. The van der Waals surface area contributed by atoms with Crippen molar-refractivity contribution in [1.82, 2.24) is 20.0 Å². The Hall–Kier alpha value is -1.72. The van der Waals surface area contributed by atoms with E-state index < -0.39 is 6.67 Å². The summed E-state index contributed by atoms with van der Waals surface area (Å²) in [6.45, 7) is 1.80. The van der Waals surface area contributed by atoms with Gasteiger partial charge in [0.15, 0.2) is 0 Å². The molecule has 0 aliphatic heterocycles. The molecule has 0 radical (unpaired) electrons. The van der Waals surface area contributed by atoms with Crippen LogP contribution in [-0.2, 0) is 13.2 Å². The zero-order valence-corrected chi connectivity index (χ0v) is 7.62. The normalized spacial score (nSPS) is 11.0. The fourth-order valence-corrected chi connectivity index (χ4v) is 1.29. The lowest BCUT2D eigenvalue weighted by atomic mass is 10.3. The van der Waals surface area contributed by atoms with Gasteiger partial charge < -0.3 is 0 Å². The van der Waals surface area contributed by atoms with Gasteiger partial charge in [-0.05, 0) is 6.92 Å². The molecule has 14 heavy (non-hydrogen) atoms. The van der Waals surface area contributed by atoms with Crippen LogP contribution in [-0.4, -0.2) is 20.0 Å². The molecule has 6 heteroatoms.